The van der Waals surface area contributed by atoms with E-state index in [1.807, 2.05) is 0 Å². The first-order valence-corrected chi connectivity index (χ1v) is 12.9. The van der Waals surface area contributed by atoms with Crippen LogP contribution in [0.3, 0.4) is 0 Å². The van der Waals surface area contributed by atoms with E-state index < -0.39 is 0 Å². The number of rotatable bonds is 16. The summed E-state index contributed by atoms with van der Waals surface area (Å²) in [6.07, 6.45) is 22.0. The molecule has 0 atom stereocenters. The van der Waals surface area contributed by atoms with Crippen molar-refractivity contribution < 1.29 is 4.57 Å². The predicted molar refractivity (Wildman–Crippen MR) is 134 cm³/mol. The standard InChI is InChI=1S/C29H43N2/c1-2-3-4-5-6-7-8-9-10-11-12-13-14-20-25-30-26-31(27-21-16-15-17-22-27)29-24-19-18-23-28(29)30/h15-19,21-24,26H,2-14,20,25H2,1H3/q+1. The molecule has 0 amide bonds. The van der Waals surface area contributed by atoms with Gasteiger partial charge in [-0.05, 0) is 37.1 Å². The summed E-state index contributed by atoms with van der Waals surface area (Å²) < 4.78 is 4.75. The Bertz CT molecular complexity index is 850. The highest BCUT2D eigenvalue weighted by Gasteiger charge is 2.16. The molecule has 0 radical (unpaired) electrons. The minimum Gasteiger partial charge on any atom is -0.229 e. The van der Waals surface area contributed by atoms with Crippen LogP contribution in [-0.2, 0) is 6.54 Å². The van der Waals surface area contributed by atoms with E-state index in [1.54, 1.807) is 0 Å². The molecule has 2 aromatic carbocycles. The van der Waals surface area contributed by atoms with Gasteiger partial charge in [0.15, 0.2) is 11.0 Å². The second kappa shape index (κ2) is 14.1. The van der Waals surface area contributed by atoms with Crippen molar-refractivity contribution in [2.24, 2.45) is 0 Å². The molecule has 31 heavy (non-hydrogen) atoms. The Morgan fingerprint density at radius 3 is 1.71 bits per heavy atom. The molecule has 2 nitrogen and oxygen atoms in total. The molecule has 1 heterocycles. The number of benzene rings is 2. The van der Waals surface area contributed by atoms with E-state index in [1.165, 1.54) is 107 Å². The van der Waals surface area contributed by atoms with Crippen LogP contribution in [0.1, 0.15) is 96.8 Å². The Hall–Kier alpha value is -2.09. The molecular weight excluding hydrogens is 376 g/mol. The first kappa shape index (κ1) is 23.6. The first-order chi connectivity index (χ1) is 15.4. The van der Waals surface area contributed by atoms with Crippen molar-refractivity contribution in [1.29, 1.82) is 0 Å². The normalized spacial score (nSPS) is 11.4. The van der Waals surface area contributed by atoms with E-state index in [0.717, 1.165) is 6.54 Å². The smallest absolute Gasteiger partial charge is 0.229 e. The molecule has 0 saturated carbocycles. The van der Waals surface area contributed by atoms with Crippen LogP contribution in [0.5, 0.6) is 0 Å². The fourth-order valence-corrected chi connectivity index (χ4v) is 4.62. The van der Waals surface area contributed by atoms with Crippen LogP contribution in [0.4, 0.5) is 0 Å². The lowest BCUT2D eigenvalue weighted by Crippen LogP contribution is -2.32. The Balaban J connectivity index is 1.30. The quantitative estimate of drug-likeness (QED) is 0.163. The Morgan fingerprint density at radius 2 is 1.10 bits per heavy atom. The minimum atomic E-state index is 1.11. The van der Waals surface area contributed by atoms with Crippen molar-refractivity contribution >= 4 is 11.0 Å². The zero-order chi connectivity index (χ0) is 21.6. The molecule has 0 aliphatic carbocycles. The number of hydrogen-bond donors (Lipinski definition) is 0. The number of aryl methyl sites for hydroxylation is 1. The summed E-state index contributed by atoms with van der Waals surface area (Å²) in [5.41, 5.74) is 3.86. The van der Waals surface area contributed by atoms with Gasteiger partial charge in [0.05, 0.1) is 6.54 Å². The Labute approximate surface area is 190 Å². The molecule has 0 unspecified atom stereocenters. The summed E-state index contributed by atoms with van der Waals surface area (Å²) in [5.74, 6) is 0. The monoisotopic (exact) mass is 419 g/mol. The van der Waals surface area contributed by atoms with Crippen LogP contribution in [0, 0.1) is 0 Å². The average molecular weight is 420 g/mol. The Morgan fingerprint density at radius 1 is 0.581 bits per heavy atom. The van der Waals surface area contributed by atoms with Crippen LogP contribution < -0.4 is 4.57 Å². The Kier molecular flexibility index (Phi) is 10.7. The molecule has 0 aliphatic heterocycles. The highest BCUT2D eigenvalue weighted by atomic mass is 15.1. The third-order valence-electron chi connectivity index (χ3n) is 6.49. The summed E-state index contributed by atoms with van der Waals surface area (Å²) in [5, 5.41) is 0. The van der Waals surface area contributed by atoms with Crippen molar-refractivity contribution in [1.82, 2.24) is 4.57 Å². The third-order valence-corrected chi connectivity index (χ3v) is 6.49. The molecule has 0 saturated heterocycles. The van der Waals surface area contributed by atoms with Gasteiger partial charge in [-0.3, -0.25) is 0 Å². The van der Waals surface area contributed by atoms with Crippen molar-refractivity contribution in [3.05, 3.63) is 60.9 Å². The van der Waals surface area contributed by atoms with E-state index >= 15 is 0 Å². The summed E-state index contributed by atoms with van der Waals surface area (Å²) in [6, 6.07) is 19.4. The summed E-state index contributed by atoms with van der Waals surface area (Å²) in [6.45, 7) is 3.40. The molecule has 3 rings (SSSR count). The first-order valence-electron chi connectivity index (χ1n) is 12.9. The van der Waals surface area contributed by atoms with Crippen molar-refractivity contribution in [3.63, 3.8) is 0 Å². The summed E-state index contributed by atoms with van der Waals surface area (Å²) in [4.78, 5) is 0. The number of fused-ring (bicyclic) bond motifs is 1. The topological polar surface area (TPSA) is 8.81 Å². The van der Waals surface area contributed by atoms with Gasteiger partial charge in [0.1, 0.15) is 5.69 Å². The van der Waals surface area contributed by atoms with Crippen LogP contribution in [0.15, 0.2) is 60.9 Å². The molecule has 0 aliphatic rings. The van der Waals surface area contributed by atoms with Gasteiger partial charge >= 0.3 is 0 Å². The lowest BCUT2D eigenvalue weighted by Gasteiger charge is -2.03. The van der Waals surface area contributed by atoms with Gasteiger partial charge in [-0.25, -0.2) is 4.57 Å². The fourth-order valence-electron chi connectivity index (χ4n) is 4.62. The van der Waals surface area contributed by atoms with Crippen LogP contribution in [-0.4, -0.2) is 4.57 Å². The number of aromatic nitrogens is 2. The van der Waals surface area contributed by atoms with Crippen molar-refractivity contribution in [3.8, 4) is 5.69 Å². The van der Waals surface area contributed by atoms with Crippen molar-refractivity contribution in [2.45, 2.75) is 103 Å². The highest BCUT2D eigenvalue weighted by Crippen LogP contribution is 2.17. The minimum absolute atomic E-state index is 1.11. The lowest BCUT2D eigenvalue weighted by molar-refractivity contribution is -0.672. The predicted octanol–water partition coefficient (Wildman–Crippen LogP) is 8.40. The SMILES string of the molecule is CCCCCCCCCCCCCCCC[n+]1cn(-c2ccccc2)c2ccccc21. The molecule has 2 heteroatoms. The largest absolute Gasteiger partial charge is 0.249 e. The number of imidazole rings is 1. The van der Waals surface area contributed by atoms with E-state index in [2.05, 4.69) is 77.0 Å². The van der Waals surface area contributed by atoms with Crippen LogP contribution >= 0.6 is 0 Å². The van der Waals surface area contributed by atoms with Crippen molar-refractivity contribution in [2.75, 3.05) is 0 Å². The van der Waals surface area contributed by atoms with Gasteiger partial charge < -0.3 is 0 Å². The number of para-hydroxylation sites is 3. The zero-order valence-electron chi connectivity index (χ0n) is 19.8. The average Bonchev–Trinajstić information content (AvgIpc) is 3.18. The van der Waals surface area contributed by atoms with E-state index in [0.29, 0.717) is 0 Å². The maximum Gasteiger partial charge on any atom is 0.249 e. The molecule has 0 N–H and O–H groups in total. The van der Waals surface area contributed by atoms with E-state index in [-0.39, 0.29) is 0 Å². The molecule has 168 valence electrons. The molecule has 0 spiro atoms. The molecule has 0 fully saturated rings. The number of nitrogens with zero attached hydrogens (tertiary/aromatic N) is 2. The van der Waals surface area contributed by atoms with Gasteiger partial charge in [0.25, 0.3) is 0 Å². The van der Waals surface area contributed by atoms with Crippen LogP contribution in [0.25, 0.3) is 16.7 Å². The molecule has 3 aromatic rings. The number of unbranched alkanes of at least 4 members (excludes halogenated alkanes) is 13. The zero-order valence-corrected chi connectivity index (χ0v) is 19.8. The van der Waals surface area contributed by atoms with Crippen LogP contribution in [0.2, 0.25) is 0 Å². The molecular formula is C29H43N2+. The fraction of sp³-hybridized carbons (Fsp3) is 0.552. The summed E-state index contributed by atoms with van der Waals surface area (Å²) >= 11 is 0. The maximum atomic E-state index is 2.43. The lowest BCUT2D eigenvalue weighted by atomic mass is 10.0. The van der Waals surface area contributed by atoms with Gasteiger partial charge in [0, 0.05) is 0 Å². The van der Waals surface area contributed by atoms with Gasteiger partial charge in [0.2, 0.25) is 6.33 Å². The summed E-state index contributed by atoms with van der Waals surface area (Å²) in [7, 11) is 0. The van der Waals surface area contributed by atoms with E-state index in [4.69, 9.17) is 0 Å². The van der Waals surface area contributed by atoms with Gasteiger partial charge in [-0.2, -0.15) is 4.57 Å². The van der Waals surface area contributed by atoms with E-state index in [9.17, 15) is 0 Å². The third kappa shape index (κ3) is 7.83. The maximum absolute atomic E-state index is 2.43. The van der Waals surface area contributed by atoms with Gasteiger partial charge in [-0.15, -0.1) is 0 Å². The highest BCUT2D eigenvalue weighted by molar-refractivity contribution is 5.73. The second-order valence-corrected chi connectivity index (χ2v) is 9.10. The second-order valence-electron chi connectivity index (χ2n) is 9.10. The molecule has 0 bridgehead atoms. The van der Waals surface area contributed by atoms with Gasteiger partial charge in [-0.1, -0.05) is 114 Å². The number of hydrogen-bond acceptors (Lipinski definition) is 0. The molecule has 1 aromatic heterocycles.